The largest absolute Gasteiger partial charge is 0.387 e. The van der Waals surface area contributed by atoms with Crippen LogP contribution in [0.2, 0.25) is 0 Å². The molecule has 6 nitrogen and oxygen atoms in total. The van der Waals surface area contributed by atoms with Crippen molar-refractivity contribution in [2.45, 2.75) is 12.0 Å². The number of hydrogen-bond acceptors (Lipinski definition) is 6. The molecule has 0 aliphatic carbocycles. The van der Waals surface area contributed by atoms with E-state index in [-0.39, 0.29) is 5.91 Å². The summed E-state index contributed by atoms with van der Waals surface area (Å²) in [5.74, 6) is -0.119. The van der Waals surface area contributed by atoms with Gasteiger partial charge in [0.15, 0.2) is 0 Å². The van der Waals surface area contributed by atoms with Gasteiger partial charge in [0, 0.05) is 36.4 Å². The molecule has 0 saturated carbocycles. The van der Waals surface area contributed by atoms with Gasteiger partial charge in [0.05, 0.1) is 12.1 Å². The molecule has 122 valence electrons. The number of β-amino-alcohol motifs (C(OH)–C–C–N with tert-alkyl or cyclic N) is 1. The van der Waals surface area contributed by atoms with Crippen LogP contribution >= 0.6 is 11.3 Å². The maximum atomic E-state index is 12.6. The number of pyridine rings is 1. The monoisotopic (exact) mass is 332 g/mol. The van der Waals surface area contributed by atoms with Crippen molar-refractivity contribution in [3.8, 4) is 10.6 Å². The van der Waals surface area contributed by atoms with Crippen LogP contribution in [0.4, 0.5) is 0 Å². The van der Waals surface area contributed by atoms with Crippen LogP contribution in [0.5, 0.6) is 0 Å². The molecule has 3 rings (SSSR count). The Labute approximate surface area is 139 Å². The lowest BCUT2D eigenvalue weighted by molar-refractivity contribution is 0.0235. The van der Waals surface area contributed by atoms with Gasteiger partial charge in [0.1, 0.15) is 10.7 Å². The van der Waals surface area contributed by atoms with Crippen molar-refractivity contribution in [1.29, 1.82) is 0 Å². The van der Waals surface area contributed by atoms with Crippen molar-refractivity contribution in [2.75, 3.05) is 33.7 Å². The Bertz CT molecular complexity index is 688. The van der Waals surface area contributed by atoms with Gasteiger partial charge in [-0.25, -0.2) is 4.98 Å². The molecule has 1 atom stereocenters. The first-order chi connectivity index (χ1) is 11.0. The van der Waals surface area contributed by atoms with E-state index in [0.717, 1.165) is 10.6 Å². The summed E-state index contributed by atoms with van der Waals surface area (Å²) in [7, 11) is 3.84. The molecule has 1 saturated heterocycles. The Balaban J connectivity index is 1.71. The van der Waals surface area contributed by atoms with Gasteiger partial charge < -0.3 is 14.9 Å². The molecule has 0 radical (unpaired) electrons. The molecule has 0 bridgehead atoms. The second-order valence-electron chi connectivity index (χ2n) is 6.22. The lowest BCUT2D eigenvalue weighted by Gasteiger charge is -2.26. The van der Waals surface area contributed by atoms with Crippen LogP contribution < -0.4 is 0 Å². The standard InChI is InChI=1S/C16H20N4O2S/c1-19(2)10-16(22)5-7-20(11-16)15(21)13-9-23-14(18-13)12-4-3-6-17-8-12/h3-4,6,8-9,22H,5,7,10-11H2,1-2H3/t16-/m0/s1. The van der Waals surface area contributed by atoms with Crippen LogP contribution in [-0.4, -0.2) is 70.1 Å². The quantitative estimate of drug-likeness (QED) is 0.915. The minimum Gasteiger partial charge on any atom is -0.387 e. The molecule has 1 aliphatic heterocycles. The fraction of sp³-hybridized carbons (Fsp3) is 0.438. The number of thiazole rings is 1. The predicted octanol–water partition coefficient (Wildman–Crippen LogP) is 1.34. The molecule has 1 fully saturated rings. The van der Waals surface area contributed by atoms with Gasteiger partial charge in [0.25, 0.3) is 5.91 Å². The SMILES string of the molecule is CN(C)C[C@@]1(O)CCN(C(=O)c2csc(-c3cccnc3)n2)C1. The number of likely N-dealkylation sites (N-methyl/N-ethyl adjacent to an activating group) is 1. The van der Waals surface area contributed by atoms with E-state index in [9.17, 15) is 9.90 Å². The van der Waals surface area contributed by atoms with Gasteiger partial charge in [-0.3, -0.25) is 9.78 Å². The molecule has 0 aromatic carbocycles. The normalized spacial score (nSPS) is 21.1. The van der Waals surface area contributed by atoms with Crippen LogP contribution in [0, 0.1) is 0 Å². The van der Waals surface area contributed by atoms with E-state index in [2.05, 4.69) is 9.97 Å². The van der Waals surface area contributed by atoms with E-state index < -0.39 is 5.60 Å². The third-order valence-corrected chi connectivity index (χ3v) is 4.75. The first-order valence-corrected chi connectivity index (χ1v) is 8.37. The molecular formula is C16H20N4O2S. The zero-order chi connectivity index (χ0) is 16.4. The van der Waals surface area contributed by atoms with Crippen molar-refractivity contribution < 1.29 is 9.90 Å². The molecule has 0 unspecified atom stereocenters. The van der Waals surface area contributed by atoms with E-state index in [1.54, 1.807) is 22.7 Å². The third kappa shape index (κ3) is 3.57. The number of aromatic nitrogens is 2. The highest BCUT2D eigenvalue weighted by atomic mass is 32.1. The molecular weight excluding hydrogens is 312 g/mol. The summed E-state index contributed by atoms with van der Waals surface area (Å²) in [5.41, 5.74) is 0.506. The average Bonchev–Trinajstić information content (AvgIpc) is 3.14. The molecule has 0 spiro atoms. The highest BCUT2D eigenvalue weighted by Gasteiger charge is 2.39. The summed E-state index contributed by atoms with van der Waals surface area (Å²) in [6, 6.07) is 3.77. The second-order valence-corrected chi connectivity index (χ2v) is 7.08. The lowest BCUT2D eigenvalue weighted by atomic mass is 10.0. The van der Waals surface area contributed by atoms with E-state index in [0.29, 0.717) is 31.7 Å². The number of amides is 1. The van der Waals surface area contributed by atoms with Gasteiger partial charge >= 0.3 is 0 Å². The topological polar surface area (TPSA) is 69.6 Å². The average molecular weight is 332 g/mol. The van der Waals surface area contributed by atoms with Gasteiger partial charge in [-0.15, -0.1) is 11.3 Å². The fourth-order valence-corrected chi connectivity index (χ4v) is 3.69. The number of likely N-dealkylation sites (tertiary alicyclic amines) is 1. The number of nitrogens with zero attached hydrogens (tertiary/aromatic N) is 4. The Hall–Kier alpha value is -1.83. The van der Waals surface area contributed by atoms with E-state index in [4.69, 9.17) is 0 Å². The number of aliphatic hydroxyl groups is 1. The highest BCUT2D eigenvalue weighted by Crippen LogP contribution is 2.26. The Morgan fingerprint density at radius 2 is 2.35 bits per heavy atom. The molecule has 1 N–H and O–H groups in total. The summed E-state index contributed by atoms with van der Waals surface area (Å²) < 4.78 is 0. The van der Waals surface area contributed by atoms with Crippen molar-refractivity contribution in [1.82, 2.24) is 19.8 Å². The molecule has 1 amide bonds. The smallest absolute Gasteiger partial charge is 0.273 e. The summed E-state index contributed by atoms with van der Waals surface area (Å²) in [6.07, 6.45) is 4.04. The lowest BCUT2D eigenvalue weighted by Crippen LogP contribution is -2.43. The van der Waals surface area contributed by atoms with E-state index >= 15 is 0 Å². The Kier molecular flexibility index (Phi) is 4.43. The summed E-state index contributed by atoms with van der Waals surface area (Å²) in [5, 5.41) is 13.1. The maximum absolute atomic E-state index is 12.6. The fourth-order valence-electron chi connectivity index (χ4n) is 2.90. The van der Waals surface area contributed by atoms with E-state index in [1.165, 1.54) is 11.3 Å². The first-order valence-electron chi connectivity index (χ1n) is 7.49. The minimum absolute atomic E-state index is 0.119. The first kappa shape index (κ1) is 16.0. The van der Waals surface area contributed by atoms with Gasteiger partial charge in [-0.2, -0.15) is 0 Å². The van der Waals surface area contributed by atoms with Gasteiger partial charge in [-0.1, -0.05) is 0 Å². The van der Waals surface area contributed by atoms with E-state index in [1.807, 2.05) is 31.1 Å². The zero-order valence-electron chi connectivity index (χ0n) is 13.3. The number of carbonyl (C=O) groups excluding carboxylic acids is 1. The molecule has 23 heavy (non-hydrogen) atoms. The number of rotatable bonds is 4. The van der Waals surface area contributed by atoms with Gasteiger partial charge in [-0.05, 0) is 32.6 Å². The Morgan fingerprint density at radius 3 is 3.04 bits per heavy atom. The minimum atomic E-state index is -0.832. The third-order valence-electron chi connectivity index (χ3n) is 3.86. The van der Waals surface area contributed by atoms with Crippen molar-refractivity contribution in [3.05, 3.63) is 35.6 Å². The van der Waals surface area contributed by atoms with Crippen LogP contribution in [-0.2, 0) is 0 Å². The van der Waals surface area contributed by atoms with Crippen LogP contribution in [0.3, 0.4) is 0 Å². The number of carbonyl (C=O) groups is 1. The predicted molar refractivity (Wildman–Crippen MR) is 89.4 cm³/mol. The van der Waals surface area contributed by atoms with Gasteiger partial charge in [0.2, 0.25) is 0 Å². The summed E-state index contributed by atoms with van der Waals surface area (Å²) >= 11 is 1.43. The van der Waals surface area contributed by atoms with Crippen molar-refractivity contribution in [3.63, 3.8) is 0 Å². The Morgan fingerprint density at radius 1 is 1.52 bits per heavy atom. The summed E-state index contributed by atoms with van der Waals surface area (Å²) in [4.78, 5) is 24.7. The van der Waals surface area contributed by atoms with Crippen molar-refractivity contribution >= 4 is 17.2 Å². The van der Waals surface area contributed by atoms with Crippen molar-refractivity contribution in [2.24, 2.45) is 0 Å². The second kappa shape index (κ2) is 6.35. The molecule has 7 heteroatoms. The molecule has 2 aromatic rings. The molecule has 2 aromatic heterocycles. The summed E-state index contributed by atoms with van der Waals surface area (Å²) in [6.45, 7) is 1.46. The van der Waals surface area contributed by atoms with Crippen LogP contribution in [0.15, 0.2) is 29.9 Å². The highest BCUT2D eigenvalue weighted by molar-refractivity contribution is 7.13. The maximum Gasteiger partial charge on any atom is 0.273 e. The molecule has 1 aliphatic rings. The number of hydrogen-bond donors (Lipinski definition) is 1. The van der Waals surface area contributed by atoms with Crippen LogP contribution in [0.1, 0.15) is 16.9 Å². The molecule has 3 heterocycles. The zero-order valence-corrected chi connectivity index (χ0v) is 14.1. The van der Waals surface area contributed by atoms with Crippen LogP contribution in [0.25, 0.3) is 10.6 Å².